The number of aryl methyl sites for hydroxylation is 1. The summed E-state index contributed by atoms with van der Waals surface area (Å²) >= 11 is 0. The Kier molecular flexibility index (Phi) is 4.57. The number of nitrogens with one attached hydrogen (secondary N) is 1. The summed E-state index contributed by atoms with van der Waals surface area (Å²) in [6.45, 7) is 1.99. The van der Waals surface area contributed by atoms with Crippen LogP contribution in [0.1, 0.15) is 11.1 Å². The number of carbonyl (C=O) groups is 1. The van der Waals surface area contributed by atoms with Crippen molar-refractivity contribution >= 4 is 6.09 Å². The van der Waals surface area contributed by atoms with Gasteiger partial charge in [-0.2, -0.15) is 5.10 Å². The summed E-state index contributed by atoms with van der Waals surface area (Å²) in [5.41, 5.74) is 2.41. The lowest BCUT2D eigenvalue weighted by atomic mass is 10.0. The summed E-state index contributed by atoms with van der Waals surface area (Å²) in [6, 6.07) is 8.57. The van der Waals surface area contributed by atoms with Crippen LogP contribution in [0.25, 0.3) is 16.9 Å². The van der Waals surface area contributed by atoms with Crippen LogP contribution in [0.2, 0.25) is 0 Å². The van der Waals surface area contributed by atoms with Gasteiger partial charge in [-0.25, -0.2) is 18.3 Å². The molecule has 1 amide bonds. The van der Waals surface area contributed by atoms with Crippen molar-refractivity contribution < 1.29 is 23.8 Å². The molecule has 0 saturated carbocycles. The van der Waals surface area contributed by atoms with E-state index in [9.17, 15) is 18.7 Å². The highest BCUT2D eigenvalue weighted by atomic mass is 19.1. The summed E-state index contributed by atoms with van der Waals surface area (Å²) < 4.78 is 29.0. The van der Waals surface area contributed by atoms with E-state index in [-0.39, 0.29) is 6.54 Å². The minimum absolute atomic E-state index is 0.136. The van der Waals surface area contributed by atoms with Gasteiger partial charge in [0, 0.05) is 30.4 Å². The smallest absolute Gasteiger partial charge is 0.404 e. The first-order chi connectivity index (χ1) is 12.3. The van der Waals surface area contributed by atoms with E-state index in [0.29, 0.717) is 11.3 Å². The van der Waals surface area contributed by atoms with E-state index in [1.807, 2.05) is 13.0 Å². The molecule has 0 atom stereocenters. The van der Waals surface area contributed by atoms with Crippen molar-refractivity contribution in [2.75, 3.05) is 0 Å². The third kappa shape index (κ3) is 3.49. The standard InChI is InChI=1S/C18H15F2N3O3/c1-10-2-3-11(6-12(10)9-21-18(25)26)16-4-5-23(22-16)17-14(19)7-13(24)8-15(17)20/h2-8,21,24H,9H2,1H3,(H,25,26). The molecular formula is C18H15F2N3O3. The topological polar surface area (TPSA) is 87.4 Å². The Hall–Kier alpha value is -3.42. The number of phenols is 1. The van der Waals surface area contributed by atoms with Gasteiger partial charge in [0.1, 0.15) is 11.4 Å². The van der Waals surface area contributed by atoms with Crippen molar-refractivity contribution in [2.45, 2.75) is 13.5 Å². The molecule has 0 aliphatic carbocycles. The van der Waals surface area contributed by atoms with Crippen molar-refractivity contribution in [3.8, 4) is 22.7 Å². The number of aromatic hydroxyl groups is 1. The number of carboxylic acid groups (broad SMARTS) is 1. The van der Waals surface area contributed by atoms with Crippen molar-refractivity contribution in [1.29, 1.82) is 0 Å². The summed E-state index contributed by atoms with van der Waals surface area (Å²) in [5.74, 6) is -2.38. The third-order valence-electron chi connectivity index (χ3n) is 3.89. The Morgan fingerprint density at radius 3 is 2.54 bits per heavy atom. The van der Waals surface area contributed by atoms with Crippen molar-refractivity contribution in [1.82, 2.24) is 15.1 Å². The highest BCUT2D eigenvalue weighted by Crippen LogP contribution is 2.25. The van der Waals surface area contributed by atoms with Crippen LogP contribution in [0.15, 0.2) is 42.6 Å². The summed E-state index contributed by atoms with van der Waals surface area (Å²) in [7, 11) is 0. The van der Waals surface area contributed by atoms with Crippen LogP contribution in [0.4, 0.5) is 13.6 Å². The fraction of sp³-hybridized carbons (Fsp3) is 0.111. The van der Waals surface area contributed by atoms with Crippen LogP contribution in [0, 0.1) is 18.6 Å². The van der Waals surface area contributed by atoms with Crippen molar-refractivity contribution in [2.24, 2.45) is 0 Å². The monoisotopic (exact) mass is 359 g/mol. The van der Waals surface area contributed by atoms with Gasteiger partial charge < -0.3 is 15.5 Å². The van der Waals surface area contributed by atoms with E-state index >= 15 is 0 Å². The van der Waals surface area contributed by atoms with Crippen LogP contribution in [0.3, 0.4) is 0 Å². The predicted molar refractivity (Wildman–Crippen MR) is 90.2 cm³/mol. The van der Waals surface area contributed by atoms with Crippen LogP contribution in [-0.4, -0.2) is 26.1 Å². The number of hydrogen-bond donors (Lipinski definition) is 3. The molecule has 0 radical (unpaired) electrons. The molecule has 1 aromatic heterocycles. The van der Waals surface area contributed by atoms with Gasteiger partial charge >= 0.3 is 6.09 Å². The van der Waals surface area contributed by atoms with Crippen LogP contribution in [-0.2, 0) is 6.54 Å². The molecule has 0 aliphatic rings. The lowest BCUT2D eigenvalue weighted by Crippen LogP contribution is -2.20. The van der Waals surface area contributed by atoms with Gasteiger partial charge in [0.05, 0.1) is 5.69 Å². The molecule has 0 unspecified atom stereocenters. The third-order valence-corrected chi connectivity index (χ3v) is 3.89. The zero-order valence-corrected chi connectivity index (χ0v) is 13.7. The number of rotatable bonds is 4. The quantitative estimate of drug-likeness (QED) is 0.664. The first-order valence-electron chi connectivity index (χ1n) is 7.66. The normalized spacial score (nSPS) is 10.7. The maximum Gasteiger partial charge on any atom is 0.404 e. The molecule has 3 N–H and O–H groups in total. The second kappa shape index (κ2) is 6.83. The Bertz CT molecular complexity index is 963. The van der Waals surface area contributed by atoms with Crippen molar-refractivity contribution in [3.63, 3.8) is 0 Å². The van der Waals surface area contributed by atoms with Gasteiger partial charge in [0.15, 0.2) is 11.6 Å². The largest absolute Gasteiger partial charge is 0.508 e. The first-order valence-corrected chi connectivity index (χ1v) is 7.66. The van der Waals surface area contributed by atoms with E-state index in [1.165, 1.54) is 6.20 Å². The second-order valence-electron chi connectivity index (χ2n) is 5.70. The molecule has 2 aromatic carbocycles. The molecule has 0 saturated heterocycles. The number of aromatic nitrogens is 2. The lowest BCUT2D eigenvalue weighted by molar-refractivity contribution is 0.194. The predicted octanol–water partition coefficient (Wildman–Crippen LogP) is 3.60. The van der Waals surface area contributed by atoms with E-state index in [4.69, 9.17) is 5.11 Å². The van der Waals surface area contributed by atoms with Gasteiger partial charge in [-0.15, -0.1) is 0 Å². The molecule has 0 fully saturated rings. The maximum absolute atomic E-state index is 14.0. The molecule has 0 spiro atoms. The Labute approximate surface area is 147 Å². The van der Waals surface area contributed by atoms with Crippen LogP contribution in [0.5, 0.6) is 5.75 Å². The molecule has 6 nitrogen and oxygen atoms in total. The molecule has 3 aromatic rings. The van der Waals surface area contributed by atoms with Gasteiger partial charge in [-0.3, -0.25) is 0 Å². The average molecular weight is 359 g/mol. The number of nitrogens with zero attached hydrogens (tertiary/aromatic N) is 2. The minimum atomic E-state index is -1.13. The molecule has 26 heavy (non-hydrogen) atoms. The molecule has 8 heteroatoms. The number of phenolic OH excluding ortho intramolecular Hbond substituents is 1. The molecule has 0 aliphatic heterocycles. The number of amides is 1. The van der Waals surface area contributed by atoms with Crippen molar-refractivity contribution in [3.05, 3.63) is 65.4 Å². The highest BCUT2D eigenvalue weighted by molar-refractivity contribution is 5.65. The summed E-state index contributed by atoms with van der Waals surface area (Å²) in [5, 5.41) is 24.5. The number of halogens is 2. The molecule has 134 valence electrons. The fourth-order valence-electron chi connectivity index (χ4n) is 2.57. The lowest BCUT2D eigenvalue weighted by Gasteiger charge is -2.08. The van der Waals surface area contributed by atoms with Gasteiger partial charge in [-0.05, 0) is 30.2 Å². The molecule has 0 bridgehead atoms. The Morgan fingerprint density at radius 2 is 1.88 bits per heavy atom. The van der Waals surface area contributed by atoms with E-state index in [0.717, 1.165) is 27.9 Å². The number of hydrogen-bond acceptors (Lipinski definition) is 3. The van der Waals surface area contributed by atoms with E-state index < -0.39 is 29.2 Å². The zero-order chi connectivity index (χ0) is 18.8. The van der Waals surface area contributed by atoms with Crippen LogP contribution < -0.4 is 5.32 Å². The Morgan fingerprint density at radius 1 is 1.19 bits per heavy atom. The number of benzene rings is 2. The van der Waals surface area contributed by atoms with E-state index in [1.54, 1.807) is 18.2 Å². The second-order valence-corrected chi connectivity index (χ2v) is 5.70. The molecular weight excluding hydrogens is 344 g/mol. The SMILES string of the molecule is Cc1ccc(-c2ccn(-c3c(F)cc(O)cc3F)n2)cc1CNC(=O)O. The first kappa shape index (κ1) is 17.4. The molecule has 3 rings (SSSR count). The zero-order valence-electron chi connectivity index (χ0n) is 13.7. The summed E-state index contributed by atoms with van der Waals surface area (Å²) in [4.78, 5) is 10.7. The fourth-order valence-corrected chi connectivity index (χ4v) is 2.57. The summed E-state index contributed by atoms with van der Waals surface area (Å²) in [6.07, 6.45) is 0.278. The van der Waals surface area contributed by atoms with Crippen LogP contribution >= 0.6 is 0 Å². The molecule has 1 heterocycles. The van der Waals surface area contributed by atoms with E-state index in [2.05, 4.69) is 10.4 Å². The van der Waals surface area contributed by atoms with Gasteiger partial charge in [0.2, 0.25) is 0 Å². The highest BCUT2D eigenvalue weighted by Gasteiger charge is 2.15. The van der Waals surface area contributed by atoms with Gasteiger partial charge in [0.25, 0.3) is 0 Å². The van der Waals surface area contributed by atoms with Gasteiger partial charge in [-0.1, -0.05) is 12.1 Å². The minimum Gasteiger partial charge on any atom is -0.508 e. The average Bonchev–Trinajstić information content (AvgIpc) is 3.02. The Balaban J connectivity index is 1.96. The maximum atomic E-state index is 14.0.